The quantitative estimate of drug-likeness (QED) is 0.594. The third kappa shape index (κ3) is 5.67. The summed E-state index contributed by atoms with van der Waals surface area (Å²) in [6.45, 7) is 0.244. The Morgan fingerprint density at radius 1 is 1.78 bits per heavy atom. The molecule has 0 aromatic heterocycles. The SMILES string of the molecule is CC(CF)OS(=O)(=O)O. The minimum atomic E-state index is -4.48. The lowest BCUT2D eigenvalue weighted by Gasteiger charge is -2.02. The molecule has 0 radical (unpaired) electrons. The molecule has 0 amide bonds. The fourth-order valence-corrected chi connectivity index (χ4v) is 0.700. The molecule has 9 heavy (non-hydrogen) atoms. The van der Waals surface area contributed by atoms with E-state index in [-0.39, 0.29) is 0 Å². The second-order valence-electron chi connectivity index (χ2n) is 1.49. The van der Waals surface area contributed by atoms with Gasteiger partial charge in [0, 0.05) is 0 Å². The van der Waals surface area contributed by atoms with Crippen LogP contribution in [0.15, 0.2) is 0 Å². The molecule has 0 spiro atoms. The minimum Gasteiger partial charge on any atom is -0.264 e. The van der Waals surface area contributed by atoms with Crippen LogP contribution >= 0.6 is 0 Å². The van der Waals surface area contributed by atoms with Crippen LogP contribution in [0.1, 0.15) is 6.92 Å². The third-order valence-electron chi connectivity index (χ3n) is 0.503. The maximum atomic E-state index is 11.4. The highest BCUT2D eigenvalue weighted by atomic mass is 32.3. The molecule has 1 unspecified atom stereocenters. The Bertz CT molecular complexity index is 163. The Morgan fingerprint density at radius 2 is 2.22 bits per heavy atom. The zero-order valence-corrected chi connectivity index (χ0v) is 5.56. The van der Waals surface area contributed by atoms with E-state index in [1.165, 1.54) is 6.92 Å². The van der Waals surface area contributed by atoms with Gasteiger partial charge in [0.15, 0.2) is 0 Å². The van der Waals surface area contributed by atoms with E-state index >= 15 is 0 Å². The Balaban J connectivity index is 3.75. The predicted molar refractivity (Wildman–Crippen MR) is 28.1 cm³/mol. The summed E-state index contributed by atoms with van der Waals surface area (Å²) in [4.78, 5) is 0. The van der Waals surface area contributed by atoms with Crippen LogP contribution in [0.25, 0.3) is 0 Å². The van der Waals surface area contributed by atoms with E-state index in [1.54, 1.807) is 0 Å². The van der Waals surface area contributed by atoms with E-state index in [9.17, 15) is 12.8 Å². The summed E-state index contributed by atoms with van der Waals surface area (Å²) >= 11 is 0. The van der Waals surface area contributed by atoms with Crippen molar-refractivity contribution in [2.24, 2.45) is 0 Å². The molecule has 0 bridgehead atoms. The smallest absolute Gasteiger partial charge is 0.264 e. The molecule has 0 aliphatic heterocycles. The molecular weight excluding hydrogens is 151 g/mol. The van der Waals surface area contributed by atoms with Crippen molar-refractivity contribution in [1.82, 2.24) is 0 Å². The molecule has 4 nitrogen and oxygen atoms in total. The molecule has 56 valence electrons. The minimum absolute atomic E-state index is 0.945. The highest BCUT2D eigenvalue weighted by Gasteiger charge is 2.10. The largest absolute Gasteiger partial charge is 0.397 e. The van der Waals surface area contributed by atoms with Gasteiger partial charge in [0.1, 0.15) is 12.8 Å². The summed E-state index contributed by atoms with van der Waals surface area (Å²) in [5, 5.41) is 0. The van der Waals surface area contributed by atoms with Crippen LogP contribution in [0.3, 0.4) is 0 Å². The van der Waals surface area contributed by atoms with Crippen molar-refractivity contribution in [3.05, 3.63) is 0 Å². The van der Waals surface area contributed by atoms with Crippen LogP contribution in [0.4, 0.5) is 4.39 Å². The maximum Gasteiger partial charge on any atom is 0.397 e. The zero-order valence-electron chi connectivity index (χ0n) is 4.74. The van der Waals surface area contributed by atoms with Gasteiger partial charge in [-0.3, -0.25) is 4.55 Å². The van der Waals surface area contributed by atoms with Gasteiger partial charge in [0.2, 0.25) is 0 Å². The number of halogens is 1. The van der Waals surface area contributed by atoms with Gasteiger partial charge in [0.05, 0.1) is 0 Å². The van der Waals surface area contributed by atoms with Gasteiger partial charge in [-0.05, 0) is 6.92 Å². The summed E-state index contributed by atoms with van der Waals surface area (Å²) in [5.41, 5.74) is 0. The topological polar surface area (TPSA) is 63.6 Å². The molecule has 0 aromatic carbocycles. The molecule has 0 fully saturated rings. The standard InChI is InChI=1S/C3H7FO4S/c1-3(2-4)8-9(5,6)7/h3H,2H2,1H3,(H,5,6,7). The normalized spacial score (nSPS) is 15.4. The first-order valence-corrected chi connectivity index (χ1v) is 3.54. The van der Waals surface area contributed by atoms with Crippen LogP contribution in [0, 0.1) is 0 Å². The number of hydrogen-bond donors (Lipinski definition) is 1. The highest BCUT2D eigenvalue weighted by Crippen LogP contribution is 1.95. The molecule has 0 saturated carbocycles. The summed E-state index contributed by atoms with van der Waals surface area (Å²) in [5.74, 6) is 0. The Hall–Kier alpha value is -0.200. The average Bonchev–Trinajstić information content (AvgIpc) is 1.62. The van der Waals surface area contributed by atoms with Crippen molar-refractivity contribution >= 4 is 10.4 Å². The van der Waals surface area contributed by atoms with Crippen molar-refractivity contribution in [1.29, 1.82) is 0 Å². The molecule has 0 aliphatic rings. The van der Waals surface area contributed by atoms with E-state index in [0.717, 1.165) is 0 Å². The maximum absolute atomic E-state index is 11.4. The van der Waals surface area contributed by atoms with E-state index < -0.39 is 23.2 Å². The zero-order chi connectivity index (χ0) is 7.49. The van der Waals surface area contributed by atoms with Crippen molar-refractivity contribution in [3.8, 4) is 0 Å². The second-order valence-corrected chi connectivity index (χ2v) is 2.54. The average molecular weight is 158 g/mol. The van der Waals surface area contributed by atoms with Gasteiger partial charge < -0.3 is 0 Å². The number of alkyl halides is 1. The molecule has 0 rings (SSSR count). The lowest BCUT2D eigenvalue weighted by Crippen LogP contribution is -2.15. The van der Waals surface area contributed by atoms with Gasteiger partial charge in [-0.25, -0.2) is 8.57 Å². The lowest BCUT2D eigenvalue weighted by molar-refractivity contribution is 0.166. The van der Waals surface area contributed by atoms with Crippen molar-refractivity contribution in [2.45, 2.75) is 13.0 Å². The Kier molecular flexibility index (Phi) is 3.02. The lowest BCUT2D eigenvalue weighted by atomic mass is 10.5. The Morgan fingerprint density at radius 3 is 2.33 bits per heavy atom. The van der Waals surface area contributed by atoms with Crippen LogP contribution in [-0.2, 0) is 14.6 Å². The predicted octanol–water partition coefficient (Wildman–Crippen LogP) is 0.164. The second kappa shape index (κ2) is 3.09. The summed E-state index contributed by atoms with van der Waals surface area (Å²) in [6.07, 6.45) is -1.11. The van der Waals surface area contributed by atoms with E-state index in [1.807, 2.05) is 0 Å². The summed E-state index contributed by atoms with van der Waals surface area (Å²) in [6, 6.07) is 0. The van der Waals surface area contributed by atoms with Crippen molar-refractivity contribution in [2.75, 3.05) is 6.67 Å². The molecule has 1 atom stereocenters. The first kappa shape index (κ1) is 8.80. The molecule has 0 saturated heterocycles. The molecule has 0 aliphatic carbocycles. The number of hydrogen-bond acceptors (Lipinski definition) is 3. The molecule has 0 aromatic rings. The molecule has 6 heteroatoms. The molecule has 0 heterocycles. The van der Waals surface area contributed by atoms with Gasteiger partial charge in [-0.1, -0.05) is 0 Å². The Labute approximate surface area is 52.6 Å². The fraction of sp³-hybridized carbons (Fsp3) is 1.00. The third-order valence-corrected chi connectivity index (χ3v) is 1.07. The van der Waals surface area contributed by atoms with Crippen LogP contribution in [-0.4, -0.2) is 25.7 Å². The van der Waals surface area contributed by atoms with Gasteiger partial charge in [-0.2, -0.15) is 8.42 Å². The molecular formula is C3H7FO4S. The van der Waals surface area contributed by atoms with Gasteiger partial charge in [0.25, 0.3) is 0 Å². The number of rotatable bonds is 3. The van der Waals surface area contributed by atoms with Gasteiger partial charge in [-0.15, -0.1) is 0 Å². The first-order valence-electron chi connectivity index (χ1n) is 2.17. The highest BCUT2D eigenvalue weighted by molar-refractivity contribution is 7.80. The van der Waals surface area contributed by atoms with Crippen molar-refractivity contribution in [3.63, 3.8) is 0 Å². The van der Waals surface area contributed by atoms with E-state index in [2.05, 4.69) is 4.18 Å². The van der Waals surface area contributed by atoms with E-state index in [0.29, 0.717) is 0 Å². The summed E-state index contributed by atoms with van der Waals surface area (Å²) < 4.78 is 42.6. The van der Waals surface area contributed by atoms with Crippen LogP contribution in [0.5, 0.6) is 0 Å². The van der Waals surface area contributed by atoms with Crippen molar-refractivity contribution < 1.29 is 21.5 Å². The van der Waals surface area contributed by atoms with Crippen LogP contribution < -0.4 is 0 Å². The monoisotopic (exact) mass is 158 g/mol. The fourth-order valence-electron chi connectivity index (χ4n) is 0.233. The summed E-state index contributed by atoms with van der Waals surface area (Å²) in [7, 11) is -4.48. The molecule has 1 N–H and O–H groups in total. The van der Waals surface area contributed by atoms with Gasteiger partial charge >= 0.3 is 10.4 Å². The van der Waals surface area contributed by atoms with E-state index in [4.69, 9.17) is 4.55 Å². The van der Waals surface area contributed by atoms with Crippen LogP contribution in [0.2, 0.25) is 0 Å². The first-order chi connectivity index (χ1) is 3.95.